The number of aryl methyl sites for hydroxylation is 1. The van der Waals surface area contributed by atoms with E-state index in [2.05, 4.69) is 10.3 Å². The number of anilines is 1. The van der Waals surface area contributed by atoms with Crippen molar-refractivity contribution in [1.82, 2.24) is 4.98 Å². The fraction of sp³-hybridized carbons (Fsp3) is 0.0435. The molecule has 0 radical (unpaired) electrons. The SMILES string of the molecule is Cc1ccc(-c2sc(NC(=O)c3ccc(F)cc3)nc2-c2ccc([N+](=O)[O-])cc2)cc1. The number of benzene rings is 3. The van der Waals surface area contributed by atoms with E-state index in [1.807, 2.05) is 31.2 Å². The van der Waals surface area contributed by atoms with Gasteiger partial charge in [-0.05, 0) is 48.9 Å². The summed E-state index contributed by atoms with van der Waals surface area (Å²) in [6, 6.07) is 19.2. The maximum atomic E-state index is 13.1. The number of nitro benzene ring substituents is 1. The molecular weight excluding hydrogens is 417 g/mol. The van der Waals surface area contributed by atoms with Gasteiger partial charge in [-0.1, -0.05) is 41.2 Å². The summed E-state index contributed by atoms with van der Waals surface area (Å²) >= 11 is 1.30. The Morgan fingerprint density at radius 3 is 2.19 bits per heavy atom. The first-order valence-corrected chi connectivity index (χ1v) is 10.1. The van der Waals surface area contributed by atoms with E-state index in [-0.39, 0.29) is 5.69 Å². The second-order valence-corrected chi connectivity index (χ2v) is 7.83. The third-order valence-electron chi connectivity index (χ3n) is 4.62. The molecule has 0 atom stereocenters. The molecule has 0 aliphatic carbocycles. The van der Waals surface area contributed by atoms with Gasteiger partial charge in [-0.15, -0.1) is 0 Å². The lowest BCUT2D eigenvalue weighted by Gasteiger charge is -2.03. The molecule has 0 saturated carbocycles. The van der Waals surface area contributed by atoms with Gasteiger partial charge in [0.1, 0.15) is 5.82 Å². The lowest BCUT2D eigenvalue weighted by atomic mass is 10.1. The van der Waals surface area contributed by atoms with Gasteiger partial charge < -0.3 is 0 Å². The summed E-state index contributed by atoms with van der Waals surface area (Å²) in [5.41, 5.74) is 3.62. The Balaban J connectivity index is 1.72. The molecule has 154 valence electrons. The van der Waals surface area contributed by atoms with Gasteiger partial charge in [0.25, 0.3) is 11.6 Å². The number of hydrogen-bond donors (Lipinski definition) is 1. The second-order valence-electron chi connectivity index (χ2n) is 6.83. The van der Waals surface area contributed by atoms with Crippen molar-refractivity contribution >= 4 is 28.1 Å². The Morgan fingerprint density at radius 1 is 0.968 bits per heavy atom. The van der Waals surface area contributed by atoms with Crippen LogP contribution in [-0.4, -0.2) is 15.8 Å². The van der Waals surface area contributed by atoms with Crippen LogP contribution in [0.15, 0.2) is 72.8 Å². The quantitative estimate of drug-likeness (QED) is 0.305. The number of nitro groups is 1. The molecule has 0 bridgehead atoms. The molecule has 0 saturated heterocycles. The van der Waals surface area contributed by atoms with Crippen LogP contribution in [0.5, 0.6) is 0 Å². The number of aromatic nitrogens is 1. The highest BCUT2D eigenvalue weighted by molar-refractivity contribution is 7.19. The number of halogens is 1. The van der Waals surface area contributed by atoms with Crippen molar-refractivity contribution in [2.75, 3.05) is 5.32 Å². The molecule has 1 N–H and O–H groups in total. The molecule has 6 nitrogen and oxygen atoms in total. The van der Waals surface area contributed by atoms with E-state index in [1.54, 1.807) is 12.1 Å². The minimum Gasteiger partial charge on any atom is -0.298 e. The summed E-state index contributed by atoms with van der Waals surface area (Å²) < 4.78 is 13.1. The van der Waals surface area contributed by atoms with E-state index >= 15 is 0 Å². The third kappa shape index (κ3) is 4.49. The normalized spacial score (nSPS) is 10.6. The first kappa shape index (κ1) is 20.4. The van der Waals surface area contributed by atoms with Crippen molar-refractivity contribution in [3.63, 3.8) is 0 Å². The van der Waals surface area contributed by atoms with E-state index in [1.165, 1.54) is 47.7 Å². The number of thiazole rings is 1. The van der Waals surface area contributed by atoms with Crippen molar-refractivity contribution in [3.05, 3.63) is 99.9 Å². The molecule has 0 unspecified atom stereocenters. The van der Waals surface area contributed by atoms with Crippen LogP contribution in [0, 0.1) is 22.9 Å². The molecule has 0 aliphatic rings. The summed E-state index contributed by atoms with van der Waals surface area (Å²) in [6.07, 6.45) is 0. The number of carbonyl (C=O) groups excluding carboxylic acids is 1. The molecule has 1 heterocycles. The van der Waals surface area contributed by atoms with Crippen molar-refractivity contribution in [3.8, 4) is 21.7 Å². The van der Waals surface area contributed by atoms with E-state index in [4.69, 9.17) is 0 Å². The van der Waals surface area contributed by atoms with Gasteiger partial charge in [-0.25, -0.2) is 9.37 Å². The highest BCUT2D eigenvalue weighted by Crippen LogP contribution is 2.39. The highest BCUT2D eigenvalue weighted by atomic mass is 32.1. The number of rotatable bonds is 5. The maximum absolute atomic E-state index is 13.1. The average Bonchev–Trinajstić information content (AvgIpc) is 3.18. The van der Waals surface area contributed by atoms with Crippen LogP contribution in [-0.2, 0) is 0 Å². The van der Waals surface area contributed by atoms with Gasteiger partial charge in [0.05, 0.1) is 15.5 Å². The fourth-order valence-electron chi connectivity index (χ4n) is 2.98. The summed E-state index contributed by atoms with van der Waals surface area (Å²) in [4.78, 5) is 28.5. The number of carbonyl (C=O) groups is 1. The Hall–Kier alpha value is -3.91. The molecule has 0 spiro atoms. The van der Waals surface area contributed by atoms with Crippen molar-refractivity contribution in [1.29, 1.82) is 0 Å². The van der Waals surface area contributed by atoms with Crippen LogP contribution in [0.1, 0.15) is 15.9 Å². The number of hydrogen-bond acceptors (Lipinski definition) is 5. The lowest BCUT2D eigenvalue weighted by Crippen LogP contribution is -2.11. The maximum Gasteiger partial charge on any atom is 0.269 e. The zero-order chi connectivity index (χ0) is 22.0. The molecular formula is C23H16FN3O3S. The Labute approximate surface area is 181 Å². The molecule has 4 rings (SSSR count). The number of nitrogens with one attached hydrogen (secondary N) is 1. The Morgan fingerprint density at radius 2 is 1.58 bits per heavy atom. The summed E-state index contributed by atoms with van der Waals surface area (Å²) in [5.74, 6) is -0.827. The molecule has 0 fully saturated rings. The molecule has 3 aromatic carbocycles. The van der Waals surface area contributed by atoms with E-state index in [9.17, 15) is 19.3 Å². The van der Waals surface area contributed by atoms with E-state index in [0.29, 0.717) is 22.0 Å². The van der Waals surface area contributed by atoms with Crippen LogP contribution in [0.3, 0.4) is 0 Å². The predicted molar refractivity (Wildman–Crippen MR) is 119 cm³/mol. The molecule has 1 aromatic heterocycles. The molecule has 1 amide bonds. The van der Waals surface area contributed by atoms with Gasteiger partial charge in [0.15, 0.2) is 5.13 Å². The first-order chi connectivity index (χ1) is 14.9. The average molecular weight is 433 g/mol. The minimum atomic E-state index is -0.458. The van der Waals surface area contributed by atoms with Crippen LogP contribution in [0.25, 0.3) is 21.7 Å². The number of amides is 1. The fourth-order valence-corrected chi connectivity index (χ4v) is 3.97. The first-order valence-electron chi connectivity index (χ1n) is 9.30. The van der Waals surface area contributed by atoms with E-state index < -0.39 is 16.6 Å². The van der Waals surface area contributed by atoms with Crippen molar-refractivity contribution in [2.45, 2.75) is 6.92 Å². The Bertz CT molecular complexity index is 1250. The monoisotopic (exact) mass is 433 g/mol. The van der Waals surface area contributed by atoms with Gasteiger partial charge in [0, 0.05) is 23.3 Å². The molecule has 8 heteroatoms. The van der Waals surface area contributed by atoms with Gasteiger partial charge in [0.2, 0.25) is 0 Å². The van der Waals surface area contributed by atoms with Crippen molar-refractivity contribution in [2.24, 2.45) is 0 Å². The van der Waals surface area contributed by atoms with Gasteiger partial charge in [-0.3, -0.25) is 20.2 Å². The number of non-ortho nitro benzene ring substituents is 1. The highest BCUT2D eigenvalue weighted by Gasteiger charge is 2.18. The lowest BCUT2D eigenvalue weighted by molar-refractivity contribution is -0.384. The van der Waals surface area contributed by atoms with Gasteiger partial charge >= 0.3 is 0 Å². The standard InChI is InChI=1S/C23H16FN3O3S/c1-14-2-4-16(5-3-14)21-20(15-8-12-19(13-9-15)27(29)30)25-23(31-21)26-22(28)17-6-10-18(24)11-7-17/h2-13H,1H3,(H,25,26,28). The van der Waals surface area contributed by atoms with Crippen LogP contribution in [0.4, 0.5) is 15.2 Å². The van der Waals surface area contributed by atoms with E-state index in [0.717, 1.165) is 16.0 Å². The zero-order valence-electron chi connectivity index (χ0n) is 16.3. The van der Waals surface area contributed by atoms with Crippen LogP contribution < -0.4 is 5.32 Å². The van der Waals surface area contributed by atoms with Gasteiger partial charge in [-0.2, -0.15) is 0 Å². The smallest absolute Gasteiger partial charge is 0.269 e. The molecule has 0 aliphatic heterocycles. The largest absolute Gasteiger partial charge is 0.298 e. The summed E-state index contributed by atoms with van der Waals surface area (Å²) in [7, 11) is 0. The predicted octanol–water partition coefficient (Wildman–Crippen LogP) is 6.09. The van der Waals surface area contributed by atoms with Crippen LogP contribution in [0.2, 0.25) is 0 Å². The molecule has 4 aromatic rings. The third-order valence-corrected chi connectivity index (χ3v) is 5.64. The van der Waals surface area contributed by atoms with Crippen molar-refractivity contribution < 1.29 is 14.1 Å². The second kappa shape index (κ2) is 8.45. The molecule has 31 heavy (non-hydrogen) atoms. The topological polar surface area (TPSA) is 85.1 Å². The minimum absolute atomic E-state index is 0.0132. The Kier molecular flexibility index (Phi) is 5.55. The van der Waals surface area contributed by atoms with Crippen LogP contribution >= 0.6 is 11.3 Å². The summed E-state index contributed by atoms with van der Waals surface area (Å²) in [5, 5.41) is 14.1. The summed E-state index contributed by atoms with van der Waals surface area (Å²) in [6.45, 7) is 1.99. The zero-order valence-corrected chi connectivity index (χ0v) is 17.2. The number of nitrogens with zero attached hydrogens (tertiary/aromatic N) is 2.